The van der Waals surface area contributed by atoms with E-state index >= 15 is 0 Å². The van der Waals surface area contributed by atoms with E-state index < -0.39 is 33.9 Å². The van der Waals surface area contributed by atoms with E-state index in [1.165, 1.54) is 31.4 Å². The maximum absolute atomic E-state index is 13.2. The number of sulfonamides is 1. The standard InChI is InChI=1S/C22H23NO7S/c1-29-17-10-12-18(13-11-17)31(27,28)23-14-6-5-9-19(20(23)21(24)25)22(26)30-15-16-7-3-2-4-8-16/h2-8,10-13,19-20H,9,14-15H2,1H3,(H,24,25). The molecule has 2 aromatic rings. The zero-order valence-corrected chi connectivity index (χ0v) is 17.7. The summed E-state index contributed by atoms with van der Waals surface area (Å²) >= 11 is 0. The maximum Gasteiger partial charge on any atom is 0.322 e. The molecule has 0 spiro atoms. The van der Waals surface area contributed by atoms with Crippen molar-refractivity contribution in [2.75, 3.05) is 13.7 Å². The van der Waals surface area contributed by atoms with Gasteiger partial charge < -0.3 is 14.6 Å². The van der Waals surface area contributed by atoms with Crippen molar-refractivity contribution in [3.05, 3.63) is 72.3 Å². The fraction of sp³-hybridized carbons (Fsp3) is 0.273. The lowest BCUT2D eigenvalue weighted by atomic mass is 9.97. The van der Waals surface area contributed by atoms with Crippen molar-refractivity contribution in [2.45, 2.75) is 24.0 Å². The van der Waals surface area contributed by atoms with Crippen molar-refractivity contribution in [1.29, 1.82) is 0 Å². The van der Waals surface area contributed by atoms with E-state index in [0.717, 1.165) is 9.87 Å². The molecule has 0 amide bonds. The number of esters is 1. The number of nitrogens with zero attached hydrogens (tertiary/aromatic N) is 1. The highest BCUT2D eigenvalue weighted by Gasteiger charge is 2.44. The molecule has 0 aliphatic carbocycles. The molecule has 2 atom stereocenters. The van der Waals surface area contributed by atoms with Gasteiger partial charge in [-0.25, -0.2) is 8.42 Å². The summed E-state index contributed by atoms with van der Waals surface area (Å²) in [5.41, 5.74) is 0.745. The number of ether oxygens (including phenoxy) is 2. The summed E-state index contributed by atoms with van der Waals surface area (Å²) in [6.07, 6.45) is 3.20. The number of aliphatic carboxylic acids is 1. The number of carbonyl (C=O) groups excluding carboxylic acids is 1. The lowest BCUT2D eigenvalue weighted by Crippen LogP contribution is -2.50. The zero-order valence-electron chi connectivity index (χ0n) is 16.9. The van der Waals surface area contributed by atoms with Gasteiger partial charge in [0.05, 0.1) is 17.9 Å². The van der Waals surface area contributed by atoms with Crippen LogP contribution in [-0.4, -0.2) is 49.5 Å². The molecular weight excluding hydrogens is 422 g/mol. The largest absolute Gasteiger partial charge is 0.497 e. The first-order chi connectivity index (χ1) is 14.8. The summed E-state index contributed by atoms with van der Waals surface area (Å²) in [5, 5.41) is 9.87. The van der Waals surface area contributed by atoms with Gasteiger partial charge in [-0.05, 0) is 36.2 Å². The minimum absolute atomic E-state index is 0.0303. The smallest absolute Gasteiger partial charge is 0.322 e. The second-order valence-corrected chi connectivity index (χ2v) is 8.83. The van der Waals surface area contributed by atoms with Crippen LogP contribution in [0.3, 0.4) is 0 Å². The topological polar surface area (TPSA) is 110 Å². The molecule has 2 unspecified atom stereocenters. The van der Waals surface area contributed by atoms with Gasteiger partial charge in [0.1, 0.15) is 18.4 Å². The zero-order chi connectivity index (χ0) is 22.4. The van der Waals surface area contributed by atoms with Gasteiger partial charge in [0.2, 0.25) is 10.0 Å². The second kappa shape index (κ2) is 9.76. The molecule has 0 bridgehead atoms. The molecular formula is C22H23NO7S. The van der Waals surface area contributed by atoms with Gasteiger partial charge in [-0.3, -0.25) is 9.59 Å². The Morgan fingerprint density at radius 2 is 1.74 bits per heavy atom. The summed E-state index contributed by atoms with van der Waals surface area (Å²) in [6.45, 7) is -0.203. The molecule has 31 heavy (non-hydrogen) atoms. The van der Waals surface area contributed by atoms with Crippen LogP contribution in [0.2, 0.25) is 0 Å². The number of hydrogen-bond donors (Lipinski definition) is 1. The van der Waals surface area contributed by atoms with Crippen molar-refractivity contribution in [3.63, 3.8) is 0 Å². The van der Waals surface area contributed by atoms with Crippen LogP contribution >= 0.6 is 0 Å². The lowest BCUT2D eigenvalue weighted by Gasteiger charge is -2.30. The van der Waals surface area contributed by atoms with Crippen molar-refractivity contribution in [3.8, 4) is 5.75 Å². The Hall–Kier alpha value is -3.17. The van der Waals surface area contributed by atoms with Crippen molar-refractivity contribution in [2.24, 2.45) is 5.92 Å². The van der Waals surface area contributed by atoms with Crippen LogP contribution in [0, 0.1) is 5.92 Å². The van der Waals surface area contributed by atoms with E-state index in [4.69, 9.17) is 9.47 Å². The van der Waals surface area contributed by atoms with E-state index in [-0.39, 0.29) is 24.5 Å². The normalized spacial score (nSPS) is 19.4. The lowest BCUT2D eigenvalue weighted by molar-refractivity contribution is -0.158. The molecule has 0 aromatic heterocycles. The molecule has 0 radical (unpaired) electrons. The van der Waals surface area contributed by atoms with Gasteiger partial charge in [-0.15, -0.1) is 0 Å². The van der Waals surface area contributed by atoms with E-state index in [9.17, 15) is 23.1 Å². The number of carboxylic acids is 1. The number of benzene rings is 2. The van der Waals surface area contributed by atoms with Gasteiger partial charge in [0, 0.05) is 6.54 Å². The number of methoxy groups -OCH3 is 1. The second-order valence-electron chi connectivity index (χ2n) is 6.94. The predicted molar refractivity (Wildman–Crippen MR) is 112 cm³/mol. The quantitative estimate of drug-likeness (QED) is 0.515. The van der Waals surface area contributed by atoms with Crippen LogP contribution in [0.5, 0.6) is 5.75 Å². The number of carboxylic acid groups (broad SMARTS) is 1. The Morgan fingerprint density at radius 3 is 2.35 bits per heavy atom. The van der Waals surface area contributed by atoms with E-state index in [1.54, 1.807) is 36.4 Å². The van der Waals surface area contributed by atoms with Crippen molar-refractivity contribution in [1.82, 2.24) is 4.31 Å². The summed E-state index contributed by atoms with van der Waals surface area (Å²) in [4.78, 5) is 24.8. The maximum atomic E-state index is 13.2. The first-order valence-corrected chi connectivity index (χ1v) is 11.0. The summed E-state index contributed by atoms with van der Waals surface area (Å²) < 4.78 is 37.7. The van der Waals surface area contributed by atoms with Crippen LogP contribution in [0.25, 0.3) is 0 Å². The molecule has 3 rings (SSSR count). The average molecular weight is 445 g/mol. The fourth-order valence-corrected chi connectivity index (χ4v) is 4.92. The molecule has 1 heterocycles. The van der Waals surface area contributed by atoms with Crippen LogP contribution < -0.4 is 4.74 Å². The van der Waals surface area contributed by atoms with Crippen molar-refractivity contribution >= 4 is 22.0 Å². The number of allylic oxidation sites excluding steroid dienone is 1. The number of rotatable bonds is 7. The van der Waals surface area contributed by atoms with Crippen molar-refractivity contribution < 1.29 is 32.6 Å². The molecule has 9 heteroatoms. The fourth-order valence-electron chi connectivity index (χ4n) is 3.35. The Labute approximate surface area is 180 Å². The summed E-state index contributed by atoms with van der Waals surface area (Å²) in [5.74, 6) is -2.90. The van der Waals surface area contributed by atoms with Gasteiger partial charge in [0.25, 0.3) is 0 Å². The van der Waals surface area contributed by atoms with E-state index in [0.29, 0.717) is 5.75 Å². The Kier molecular flexibility index (Phi) is 7.09. The van der Waals surface area contributed by atoms with Crippen LogP contribution in [0.4, 0.5) is 0 Å². The average Bonchev–Trinajstić information content (AvgIpc) is 3.02. The molecule has 164 valence electrons. The molecule has 1 aliphatic rings. The highest BCUT2D eigenvalue weighted by atomic mass is 32.2. The van der Waals surface area contributed by atoms with Gasteiger partial charge in [-0.1, -0.05) is 42.5 Å². The summed E-state index contributed by atoms with van der Waals surface area (Å²) in [6, 6.07) is 13.0. The number of carbonyl (C=O) groups is 2. The van der Waals surface area contributed by atoms with Crippen LogP contribution in [0.15, 0.2) is 71.6 Å². The third-order valence-corrected chi connectivity index (χ3v) is 6.84. The molecule has 0 saturated heterocycles. The third-order valence-electron chi connectivity index (χ3n) is 4.98. The first kappa shape index (κ1) is 22.5. The molecule has 0 saturated carbocycles. The molecule has 2 aromatic carbocycles. The molecule has 8 nitrogen and oxygen atoms in total. The molecule has 0 fully saturated rings. The minimum atomic E-state index is -4.20. The van der Waals surface area contributed by atoms with E-state index in [2.05, 4.69) is 0 Å². The van der Waals surface area contributed by atoms with Gasteiger partial charge >= 0.3 is 11.9 Å². The number of hydrogen-bond acceptors (Lipinski definition) is 6. The summed E-state index contributed by atoms with van der Waals surface area (Å²) in [7, 11) is -2.75. The SMILES string of the molecule is COc1ccc(S(=O)(=O)N2CC=CCC(C(=O)OCc3ccccc3)C2C(=O)O)cc1. The van der Waals surface area contributed by atoms with Crippen LogP contribution in [0.1, 0.15) is 12.0 Å². The third kappa shape index (κ3) is 5.12. The highest BCUT2D eigenvalue weighted by Crippen LogP contribution is 2.28. The minimum Gasteiger partial charge on any atom is -0.497 e. The monoisotopic (exact) mass is 445 g/mol. The van der Waals surface area contributed by atoms with Gasteiger partial charge in [-0.2, -0.15) is 4.31 Å². The van der Waals surface area contributed by atoms with Gasteiger partial charge in [0.15, 0.2) is 0 Å². The Morgan fingerprint density at radius 1 is 1.06 bits per heavy atom. The Balaban J connectivity index is 1.88. The predicted octanol–water partition coefficient (Wildman–Crippen LogP) is 2.46. The highest BCUT2D eigenvalue weighted by molar-refractivity contribution is 7.89. The van der Waals surface area contributed by atoms with Crippen LogP contribution in [-0.2, 0) is 31.0 Å². The van der Waals surface area contributed by atoms with E-state index in [1.807, 2.05) is 6.07 Å². The Bertz CT molecular complexity index is 1050. The first-order valence-electron chi connectivity index (χ1n) is 9.59. The molecule has 1 N–H and O–H groups in total. The molecule has 1 aliphatic heterocycles.